The van der Waals surface area contributed by atoms with Crippen molar-refractivity contribution in [1.29, 1.82) is 0 Å². The molecule has 0 heterocycles. The van der Waals surface area contributed by atoms with Gasteiger partial charge in [0, 0.05) is 2.74 Å². The van der Waals surface area contributed by atoms with Crippen molar-refractivity contribution in [2.45, 2.75) is 189 Å². The van der Waals surface area contributed by atoms with Gasteiger partial charge in [0.2, 0.25) is 0 Å². The second kappa shape index (κ2) is 25.6. The minimum Gasteiger partial charge on any atom is -0.0654 e. The summed E-state index contributed by atoms with van der Waals surface area (Å²) in [4.78, 5) is 0. The Morgan fingerprint density at radius 2 is 0.656 bits per heavy atom. The molecule has 194 valence electrons. The van der Waals surface area contributed by atoms with Gasteiger partial charge in [0.1, 0.15) is 0 Å². The fourth-order valence-corrected chi connectivity index (χ4v) is 5.06. The first kappa shape index (κ1) is 28.2. The van der Waals surface area contributed by atoms with Gasteiger partial charge in [-0.25, -0.2) is 0 Å². The minimum atomic E-state index is -1.02. The normalized spacial score (nSPS) is 15.9. The van der Waals surface area contributed by atoms with Gasteiger partial charge in [-0.05, 0) is 17.8 Å². The Bertz CT molecular complexity index is 400. The van der Waals surface area contributed by atoms with E-state index in [-0.39, 0.29) is 5.92 Å². The average Bonchev–Trinajstić information content (AvgIpc) is 2.78. The topological polar surface area (TPSA) is 0 Å². The van der Waals surface area contributed by atoms with E-state index in [2.05, 4.69) is 27.7 Å². The van der Waals surface area contributed by atoms with Gasteiger partial charge in [0.25, 0.3) is 0 Å². The smallest absolute Gasteiger partial charge is 0.0266 e. The highest BCUT2D eigenvalue weighted by molar-refractivity contribution is 4.59. The predicted octanol–water partition coefficient (Wildman–Crippen LogP) is 12.3. The van der Waals surface area contributed by atoms with Gasteiger partial charge in [-0.15, -0.1) is 0 Å². The molecule has 0 spiro atoms. The Morgan fingerprint density at radius 1 is 0.375 bits per heavy atom. The van der Waals surface area contributed by atoms with E-state index in [0.717, 1.165) is 18.3 Å². The molecular weight excluding hydrogens is 384 g/mol. The van der Waals surface area contributed by atoms with E-state index < -0.39 is 6.37 Å². The molecule has 3 atom stereocenters. The van der Waals surface area contributed by atoms with Crippen molar-refractivity contribution >= 4 is 0 Å². The first-order valence-electron chi connectivity index (χ1n) is 16.3. The molecule has 0 N–H and O–H groups in total. The predicted molar refractivity (Wildman–Crippen MR) is 150 cm³/mol. The van der Waals surface area contributed by atoms with E-state index in [9.17, 15) is 0 Å². The molecule has 0 bridgehead atoms. The SMILES string of the molecule is [2H]C([2H])(C)C(C)CCCC(C)CCCCCCCC(C)CCCCCCCCCCCCCC. The highest BCUT2D eigenvalue weighted by Gasteiger charge is 2.05. The van der Waals surface area contributed by atoms with E-state index in [1.165, 1.54) is 141 Å². The lowest BCUT2D eigenvalue weighted by molar-refractivity contribution is 0.401. The van der Waals surface area contributed by atoms with Gasteiger partial charge < -0.3 is 0 Å². The van der Waals surface area contributed by atoms with Gasteiger partial charge in [0.15, 0.2) is 0 Å². The molecule has 0 nitrogen and oxygen atoms in total. The Balaban J connectivity index is 3.34. The summed E-state index contributed by atoms with van der Waals surface area (Å²) in [5, 5.41) is 0. The Morgan fingerprint density at radius 3 is 1.00 bits per heavy atom. The van der Waals surface area contributed by atoms with Crippen LogP contribution in [0.1, 0.15) is 191 Å². The summed E-state index contributed by atoms with van der Waals surface area (Å²) in [5.41, 5.74) is 0. The van der Waals surface area contributed by atoms with E-state index in [4.69, 9.17) is 2.74 Å². The molecule has 0 amide bonds. The zero-order chi connectivity index (χ0) is 25.5. The summed E-state index contributed by atoms with van der Waals surface area (Å²) in [6, 6.07) is 0. The van der Waals surface area contributed by atoms with Gasteiger partial charge >= 0.3 is 0 Å². The van der Waals surface area contributed by atoms with Crippen molar-refractivity contribution in [3.05, 3.63) is 0 Å². The van der Waals surface area contributed by atoms with Crippen molar-refractivity contribution in [1.82, 2.24) is 0 Å². The van der Waals surface area contributed by atoms with Crippen molar-refractivity contribution < 1.29 is 2.74 Å². The van der Waals surface area contributed by atoms with Crippen LogP contribution in [0.2, 0.25) is 0 Å². The molecule has 32 heavy (non-hydrogen) atoms. The lowest BCUT2D eigenvalue weighted by atomic mass is 9.93. The molecule has 0 saturated carbocycles. The highest BCUT2D eigenvalue weighted by atomic mass is 14.1. The molecule has 0 radical (unpaired) electrons. The minimum absolute atomic E-state index is 0.182. The van der Waals surface area contributed by atoms with E-state index in [0.29, 0.717) is 0 Å². The summed E-state index contributed by atoms with van der Waals surface area (Å²) in [6.45, 7) is 11.0. The fraction of sp³-hybridized carbons (Fsp3) is 1.00. The van der Waals surface area contributed by atoms with Crippen LogP contribution in [0, 0.1) is 17.8 Å². The van der Waals surface area contributed by atoms with E-state index in [1.807, 2.05) is 0 Å². The van der Waals surface area contributed by atoms with Crippen LogP contribution < -0.4 is 0 Å². The monoisotopic (exact) mass is 453 g/mol. The lowest BCUT2D eigenvalue weighted by Gasteiger charge is -2.13. The Hall–Kier alpha value is 0. The quantitative estimate of drug-likeness (QED) is 0.114. The van der Waals surface area contributed by atoms with Gasteiger partial charge in [-0.3, -0.25) is 0 Å². The molecule has 0 aromatic heterocycles. The molecular formula is C32H66. The van der Waals surface area contributed by atoms with Gasteiger partial charge in [-0.1, -0.05) is 189 Å². The van der Waals surface area contributed by atoms with Crippen LogP contribution in [0.25, 0.3) is 0 Å². The van der Waals surface area contributed by atoms with E-state index >= 15 is 0 Å². The molecule has 0 heteroatoms. The van der Waals surface area contributed by atoms with Crippen LogP contribution in [-0.2, 0) is 0 Å². The molecule has 0 aromatic rings. The van der Waals surface area contributed by atoms with Gasteiger partial charge in [0.05, 0.1) is 0 Å². The third kappa shape index (κ3) is 24.6. The zero-order valence-electron chi connectivity index (χ0n) is 25.5. The first-order valence-corrected chi connectivity index (χ1v) is 15.3. The third-order valence-corrected chi connectivity index (χ3v) is 7.77. The number of unbranched alkanes of at least 4 members (excludes halogenated alkanes) is 15. The molecule has 0 aliphatic rings. The Kier molecular flexibility index (Phi) is 22.6. The summed E-state index contributed by atoms with van der Waals surface area (Å²) in [7, 11) is 0. The molecule has 0 aliphatic carbocycles. The summed E-state index contributed by atoms with van der Waals surface area (Å²) >= 11 is 0. The maximum absolute atomic E-state index is 7.80. The van der Waals surface area contributed by atoms with Crippen LogP contribution >= 0.6 is 0 Å². The third-order valence-electron chi connectivity index (χ3n) is 7.77. The van der Waals surface area contributed by atoms with Crippen LogP contribution in [0.5, 0.6) is 0 Å². The average molecular weight is 453 g/mol. The van der Waals surface area contributed by atoms with Crippen LogP contribution in [0.4, 0.5) is 0 Å². The molecule has 3 unspecified atom stereocenters. The molecule has 0 saturated heterocycles. The van der Waals surface area contributed by atoms with E-state index in [1.54, 1.807) is 6.92 Å². The molecule has 0 rings (SSSR count). The number of hydrogen-bond acceptors (Lipinski definition) is 0. The maximum atomic E-state index is 7.80. The van der Waals surface area contributed by atoms with Crippen molar-refractivity contribution in [3.63, 3.8) is 0 Å². The largest absolute Gasteiger partial charge is 0.0654 e. The second-order valence-electron chi connectivity index (χ2n) is 11.4. The van der Waals surface area contributed by atoms with Crippen molar-refractivity contribution in [2.24, 2.45) is 17.8 Å². The van der Waals surface area contributed by atoms with Crippen molar-refractivity contribution in [2.75, 3.05) is 0 Å². The molecule has 0 aromatic carbocycles. The standard InChI is InChI=1S/C32H66/c1-6-8-9-10-11-12-13-14-15-16-18-21-25-31(4)26-22-19-17-20-23-27-32(5)29-24-28-30(3)7-2/h30-32H,6-29H2,1-5H3/i7D2. The zero-order valence-corrected chi connectivity index (χ0v) is 23.5. The first-order chi connectivity index (χ1) is 16.3. The number of hydrogen-bond donors (Lipinski definition) is 0. The highest BCUT2D eigenvalue weighted by Crippen LogP contribution is 2.21. The molecule has 0 fully saturated rings. The second-order valence-corrected chi connectivity index (χ2v) is 11.4. The lowest BCUT2D eigenvalue weighted by Crippen LogP contribution is -1.98. The fourth-order valence-electron chi connectivity index (χ4n) is 5.06. The Labute approximate surface area is 209 Å². The number of rotatable bonds is 26. The van der Waals surface area contributed by atoms with Gasteiger partial charge in [-0.2, -0.15) is 0 Å². The maximum Gasteiger partial charge on any atom is 0.0266 e. The summed E-state index contributed by atoms with van der Waals surface area (Å²) in [6.07, 6.45) is 31.3. The van der Waals surface area contributed by atoms with Crippen molar-refractivity contribution in [3.8, 4) is 0 Å². The van der Waals surface area contributed by atoms with Crippen LogP contribution in [0.3, 0.4) is 0 Å². The molecule has 0 aliphatic heterocycles. The summed E-state index contributed by atoms with van der Waals surface area (Å²) in [5.74, 6) is 1.92. The summed E-state index contributed by atoms with van der Waals surface area (Å²) < 4.78 is 15.6. The van der Waals surface area contributed by atoms with Crippen LogP contribution in [0.15, 0.2) is 0 Å². The van der Waals surface area contributed by atoms with Crippen LogP contribution in [-0.4, -0.2) is 0 Å².